The Balaban J connectivity index is 1.76. The van der Waals surface area contributed by atoms with Gasteiger partial charge >= 0.3 is 0 Å². The Labute approximate surface area is 125 Å². The quantitative estimate of drug-likeness (QED) is 0.871. The van der Waals surface area contributed by atoms with E-state index in [1.54, 1.807) is 11.3 Å². The van der Waals surface area contributed by atoms with Crippen LogP contribution in [0.25, 0.3) is 0 Å². The van der Waals surface area contributed by atoms with Gasteiger partial charge in [0.1, 0.15) is 6.17 Å². The molecule has 1 aromatic heterocycles. The van der Waals surface area contributed by atoms with Gasteiger partial charge in [0.15, 0.2) is 0 Å². The molecule has 1 N–H and O–H groups in total. The minimum atomic E-state index is 0.0125. The highest BCUT2D eigenvalue weighted by atomic mass is 32.1. The smallest absolute Gasteiger partial charge is 0.241 e. The third-order valence-corrected chi connectivity index (χ3v) is 5.48. The molecule has 3 atom stereocenters. The highest BCUT2D eigenvalue weighted by molar-refractivity contribution is 7.10. The van der Waals surface area contributed by atoms with Gasteiger partial charge in [-0.3, -0.25) is 10.1 Å². The normalized spacial score (nSPS) is 28.1. The molecule has 20 heavy (non-hydrogen) atoms. The zero-order chi connectivity index (χ0) is 14.1. The van der Waals surface area contributed by atoms with Crippen LogP contribution in [0.5, 0.6) is 0 Å². The van der Waals surface area contributed by atoms with E-state index < -0.39 is 0 Å². The number of thiophene rings is 1. The van der Waals surface area contributed by atoms with Crippen LogP contribution in [-0.2, 0) is 4.79 Å². The van der Waals surface area contributed by atoms with E-state index in [1.807, 2.05) is 0 Å². The fourth-order valence-electron chi connectivity index (χ4n) is 3.18. The number of hydrogen-bond donors (Lipinski definition) is 1. The van der Waals surface area contributed by atoms with Crippen molar-refractivity contribution in [1.82, 2.24) is 10.2 Å². The van der Waals surface area contributed by atoms with Crippen LogP contribution in [0.2, 0.25) is 0 Å². The van der Waals surface area contributed by atoms with Crippen molar-refractivity contribution in [3.63, 3.8) is 0 Å². The fourth-order valence-corrected chi connectivity index (χ4v) is 3.97. The van der Waals surface area contributed by atoms with Gasteiger partial charge < -0.3 is 4.90 Å². The van der Waals surface area contributed by atoms with E-state index >= 15 is 0 Å². The lowest BCUT2D eigenvalue weighted by atomic mass is 10.1. The molecule has 0 bridgehead atoms. The Hall–Kier alpha value is -0.870. The number of rotatable bonds is 6. The van der Waals surface area contributed by atoms with Gasteiger partial charge in [0, 0.05) is 11.4 Å². The molecule has 0 spiro atoms. The number of nitrogens with one attached hydrogen (secondary N) is 1. The van der Waals surface area contributed by atoms with E-state index in [-0.39, 0.29) is 12.2 Å². The molecule has 3 rings (SSSR count). The molecule has 2 heterocycles. The lowest BCUT2D eigenvalue weighted by Gasteiger charge is -2.26. The Bertz CT molecular complexity index is 455. The maximum absolute atomic E-state index is 12.6. The summed E-state index contributed by atoms with van der Waals surface area (Å²) in [6.45, 7) is 5.34. The lowest BCUT2D eigenvalue weighted by Crippen LogP contribution is -2.35. The van der Waals surface area contributed by atoms with Gasteiger partial charge in [-0.05, 0) is 42.5 Å². The molecule has 1 aromatic rings. The van der Waals surface area contributed by atoms with Gasteiger partial charge in [-0.2, -0.15) is 0 Å². The molecular formula is C16H24N2OS. The summed E-state index contributed by atoms with van der Waals surface area (Å²) in [6, 6.07) is 4.22. The predicted molar refractivity (Wildman–Crippen MR) is 82.5 cm³/mol. The molecule has 1 aliphatic heterocycles. The summed E-state index contributed by atoms with van der Waals surface area (Å²) in [7, 11) is 0. The van der Waals surface area contributed by atoms with Gasteiger partial charge in [0.2, 0.25) is 5.91 Å². The Morgan fingerprint density at radius 1 is 1.50 bits per heavy atom. The molecule has 3 nitrogen and oxygen atoms in total. The molecule has 1 saturated heterocycles. The number of carbonyl (C=O) groups excluding carboxylic acids is 1. The van der Waals surface area contributed by atoms with Crippen molar-refractivity contribution in [3.8, 4) is 0 Å². The van der Waals surface area contributed by atoms with Gasteiger partial charge in [-0.25, -0.2) is 0 Å². The minimum absolute atomic E-state index is 0.0125. The van der Waals surface area contributed by atoms with Crippen molar-refractivity contribution < 1.29 is 4.79 Å². The summed E-state index contributed by atoms with van der Waals surface area (Å²) in [4.78, 5) is 16.0. The molecular weight excluding hydrogens is 268 g/mol. The SMILES string of the molecule is CCCC1NC(c2cccs2)N(CC(C)C2CC2)C1=O. The third kappa shape index (κ3) is 2.77. The molecule has 0 aromatic carbocycles. The van der Waals surface area contributed by atoms with Crippen molar-refractivity contribution >= 4 is 17.2 Å². The van der Waals surface area contributed by atoms with Crippen LogP contribution in [0.15, 0.2) is 17.5 Å². The molecule has 4 heteroatoms. The van der Waals surface area contributed by atoms with Crippen molar-refractivity contribution in [1.29, 1.82) is 0 Å². The molecule has 3 unspecified atom stereocenters. The van der Waals surface area contributed by atoms with Crippen LogP contribution in [0.4, 0.5) is 0 Å². The van der Waals surface area contributed by atoms with Crippen molar-refractivity contribution in [2.45, 2.75) is 51.7 Å². The zero-order valence-corrected chi connectivity index (χ0v) is 13.2. The van der Waals surface area contributed by atoms with Gasteiger partial charge in [0.05, 0.1) is 6.04 Å². The van der Waals surface area contributed by atoms with Crippen LogP contribution in [-0.4, -0.2) is 23.4 Å². The van der Waals surface area contributed by atoms with E-state index in [0.717, 1.165) is 25.3 Å². The van der Waals surface area contributed by atoms with Crippen molar-refractivity contribution in [2.24, 2.45) is 11.8 Å². The van der Waals surface area contributed by atoms with E-state index in [4.69, 9.17) is 0 Å². The van der Waals surface area contributed by atoms with E-state index in [1.165, 1.54) is 17.7 Å². The van der Waals surface area contributed by atoms with Crippen LogP contribution in [0.3, 0.4) is 0 Å². The first kappa shape index (κ1) is 14.1. The number of carbonyl (C=O) groups is 1. The summed E-state index contributed by atoms with van der Waals surface area (Å²) in [5.41, 5.74) is 0. The highest BCUT2D eigenvalue weighted by Gasteiger charge is 2.41. The number of hydrogen-bond acceptors (Lipinski definition) is 3. The molecule has 2 fully saturated rings. The van der Waals surface area contributed by atoms with Crippen LogP contribution >= 0.6 is 11.3 Å². The van der Waals surface area contributed by atoms with Gasteiger partial charge in [0.25, 0.3) is 0 Å². The first-order valence-electron chi connectivity index (χ1n) is 7.80. The maximum Gasteiger partial charge on any atom is 0.241 e. The van der Waals surface area contributed by atoms with Gasteiger partial charge in [-0.1, -0.05) is 26.3 Å². The molecule has 0 radical (unpaired) electrons. The Morgan fingerprint density at radius 3 is 2.90 bits per heavy atom. The second-order valence-electron chi connectivity index (χ2n) is 6.23. The molecule has 1 amide bonds. The minimum Gasteiger partial charge on any atom is -0.320 e. The molecule has 110 valence electrons. The Morgan fingerprint density at radius 2 is 2.30 bits per heavy atom. The van der Waals surface area contributed by atoms with Crippen molar-refractivity contribution in [3.05, 3.63) is 22.4 Å². The summed E-state index contributed by atoms with van der Waals surface area (Å²) in [5, 5.41) is 5.64. The maximum atomic E-state index is 12.6. The van der Waals surface area contributed by atoms with Gasteiger partial charge in [-0.15, -0.1) is 11.3 Å². The first-order chi connectivity index (χ1) is 9.70. The van der Waals surface area contributed by atoms with E-state index in [2.05, 4.69) is 41.6 Å². The molecule has 2 aliphatic rings. The third-order valence-electron chi connectivity index (χ3n) is 4.55. The van der Waals surface area contributed by atoms with Crippen LogP contribution in [0, 0.1) is 11.8 Å². The van der Waals surface area contributed by atoms with Crippen LogP contribution in [0.1, 0.15) is 50.6 Å². The van der Waals surface area contributed by atoms with Crippen molar-refractivity contribution in [2.75, 3.05) is 6.54 Å². The van der Waals surface area contributed by atoms with E-state index in [0.29, 0.717) is 11.8 Å². The van der Waals surface area contributed by atoms with Crippen LogP contribution < -0.4 is 5.32 Å². The number of amides is 1. The average molecular weight is 292 g/mol. The summed E-state index contributed by atoms with van der Waals surface area (Å²) in [5.74, 6) is 1.78. The first-order valence-corrected chi connectivity index (χ1v) is 8.68. The topological polar surface area (TPSA) is 32.3 Å². The summed E-state index contributed by atoms with van der Waals surface area (Å²) in [6.07, 6.45) is 4.78. The standard InChI is InChI=1S/C16H24N2OS/c1-3-5-13-16(19)18(10-11(2)12-7-8-12)15(17-13)14-6-4-9-20-14/h4,6,9,11-13,15,17H,3,5,7-8,10H2,1-2H3. The largest absolute Gasteiger partial charge is 0.320 e. The molecule has 1 saturated carbocycles. The zero-order valence-electron chi connectivity index (χ0n) is 12.3. The lowest BCUT2D eigenvalue weighted by molar-refractivity contribution is -0.130. The fraction of sp³-hybridized carbons (Fsp3) is 0.688. The second-order valence-corrected chi connectivity index (χ2v) is 7.21. The monoisotopic (exact) mass is 292 g/mol. The second kappa shape index (κ2) is 5.86. The van der Waals surface area contributed by atoms with E-state index in [9.17, 15) is 4.79 Å². The summed E-state index contributed by atoms with van der Waals surface area (Å²) < 4.78 is 0. The summed E-state index contributed by atoms with van der Waals surface area (Å²) >= 11 is 1.74. The predicted octanol–water partition coefficient (Wildman–Crippen LogP) is 3.39. The average Bonchev–Trinajstić information content (AvgIpc) is 3.08. The highest BCUT2D eigenvalue weighted by Crippen LogP contribution is 2.39. The number of nitrogens with zero attached hydrogens (tertiary/aromatic N) is 1. The Kier molecular flexibility index (Phi) is 4.13. The molecule has 1 aliphatic carbocycles.